The number of carbonyl (C=O) groups excluding carboxylic acids is 2. The number of hydrogen-bond acceptors (Lipinski definition) is 4. The van der Waals surface area contributed by atoms with Gasteiger partial charge in [0.05, 0.1) is 22.4 Å². The Morgan fingerprint density at radius 2 is 1.28 bits per heavy atom. The monoisotopic (exact) mass is 388 g/mol. The first-order valence-electron chi connectivity index (χ1n) is 9.82. The fraction of sp³-hybridized carbons (Fsp3) is 0.304. The van der Waals surface area contributed by atoms with E-state index in [0.717, 1.165) is 28.0 Å². The van der Waals surface area contributed by atoms with Crippen molar-refractivity contribution in [3.05, 3.63) is 70.5 Å². The summed E-state index contributed by atoms with van der Waals surface area (Å²) in [6, 6.07) is 13.1. The van der Waals surface area contributed by atoms with Crippen molar-refractivity contribution in [2.45, 2.75) is 20.8 Å². The van der Waals surface area contributed by atoms with E-state index >= 15 is 0 Å². The molecule has 1 aliphatic rings. The molecule has 3 aromatic rings. The summed E-state index contributed by atoms with van der Waals surface area (Å²) in [5.41, 5.74) is 5.65. The number of hydrogen-bond donors (Lipinski definition) is 0. The molecule has 2 heterocycles. The molecule has 1 saturated heterocycles. The first-order chi connectivity index (χ1) is 13.9. The van der Waals surface area contributed by atoms with Gasteiger partial charge < -0.3 is 9.80 Å². The summed E-state index contributed by atoms with van der Waals surface area (Å²) in [5.74, 6) is -0.0118. The highest BCUT2D eigenvalue weighted by Gasteiger charge is 2.25. The van der Waals surface area contributed by atoms with Gasteiger partial charge in [0.2, 0.25) is 0 Å². The smallest absolute Gasteiger partial charge is 0.254 e. The number of aromatic nitrogens is 2. The molecule has 2 amide bonds. The molecule has 0 bridgehead atoms. The van der Waals surface area contributed by atoms with Crippen LogP contribution in [0.2, 0.25) is 0 Å². The van der Waals surface area contributed by atoms with Gasteiger partial charge >= 0.3 is 0 Å². The highest BCUT2D eigenvalue weighted by molar-refractivity contribution is 5.98. The van der Waals surface area contributed by atoms with Crippen LogP contribution in [0, 0.1) is 20.8 Å². The first kappa shape index (κ1) is 19.1. The third-order valence-electron chi connectivity index (χ3n) is 5.44. The lowest BCUT2D eigenvalue weighted by atomic mass is 10.1. The Labute approximate surface area is 170 Å². The predicted octanol–water partition coefficient (Wildman–Crippen LogP) is 3.15. The first-order valence-corrected chi connectivity index (χ1v) is 9.82. The number of rotatable bonds is 2. The number of aryl methyl sites for hydroxylation is 3. The summed E-state index contributed by atoms with van der Waals surface area (Å²) < 4.78 is 0. The van der Waals surface area contributed by atoms with Gasteiger partial charge in [-0.1, -0.05) is 17.7 Å². The lowest BCUT2D eigenvalue weighted by Crippen LogP contribution is -2.50. The zero-order valence-electron chi connectivity index (χ0n) is 17.0. The molecule has 0 saturated carbocycles. The second-order valence-electron chi connectivity index (χ2n) is 7.55. The Kier molecular flexibility index (Phi) is 5.01. The van der Waals surface area contributed by atoms with Gasteiger partial charge in [0.15, 0.2) is 0 Å². The molecule has 1 aliphatic heterocycles. The molecule has 0 N–H and O–H groups in total. The zero-order valence-corrected chi connectivity index (χ0v) is 17.0. The quantitative estimate of drug-likeness (QED) is 0.676. The number of nitrogens with zero attached hydrogens (tertiary/aromatic N) is 4. The number of fused-ring (bicyclic) bond motifs is 1. The summed E-state index contributed by atoms with van der Waals surface area (Å²) in [5, 5.41) is 0. The van der Waals surface area contributed by atoms with Crippen LogP contribution < -0.4 is 0 Å². The molecule has 2 aromatic carbocycles. The second kappa shape index (κ2) is 7.62. The van der Waals surface area contributed by atoms with E-state index in [1.807, 2.05) is 56.0 Å². The number of piperazine rings is 1. The Morgan fingerprint density at radius 1 is 0.724 bits per heavy atom. The van der Waals surface area contributed by atoms with Crippen LogP contribution in [0.4, 0.5) is 0 Å². The maximum atomic E-state index is 13.0. The maximum absolute atomic E-state index is 13.0. The van der Waals surface area contributed by atoms with Crippen LogP contribution in [-0.2, 0) is 0 Å². The molecule has 29 heavy (non-hydrogen) atoms. The van der Waals surface area contributed by atoms with Gasteiger partial charge in [-0.2, -0.15) is 0 Å². The average Bonchev–Trinajstić information content (AvgIpc) is 2.73. The van der Waals surface area contributed by atoms with Crippen LogP contribution in [-0.4, -0.2) is 57.8 Å². The Morgan fingerprint density at radius 3 is 1.86 bits per heavy atom. The minimum Gasteiger partial charge on any atom is -0.335 e. The van der Waals surface area contributed by atoms with Crippen molar-refractivity contribution in [1.82, 2.24) is 19.8 Å². The van der Waals surface area contributed by atoms with Crippen LogP contribution in [0.3, 0.4) is 0 Å². The van der Waals surface area contributed by atoms with E-state index in [9.17, 15) is 9.59 Å². The van der Waals surface area contributed by atoms with E-state index in [1.54, 1.807) is 17.0 Å². The van der Waals surface area contributed by atoms with Crippen molar-refractivity contribution in [2.24, 2.45) is 0 Å². The average molecular weight is 388 g/mol. The fourth-order valence-electron chi connectivity index (χ4n) is 3.62. The van der Waals surface area contributed by atoms with E-state index in [-0.39, 0.29) is 11.8 Å². The van der Waals surface area contributed by atoms with Gasteiger partial charge in [0.25, 0.3) is 11.8 Å². The fourth-order valence-corrected chi connectivity index (χ4v) is 3.62. The highest BCUT2D eigenvalue weighted by Crippen LogP contribution is 2.17. The van der Waals surface area contributed by atoms with Gasteiger partial charge in [0, 0.05) is 37.3 Å². The van der Waals surface area contributed by atoms with E-state index in [1.165, 1.54) is 0 Å². The summed E-state index contributed by atoms with van der Waals surface area (Å²) in [7, 11) is 0. The van der Waals surface area contributed by atoms with Gasteiger partial charge in [-0.05, 0) is 51.1 Å². The number of benzene rings is 2. The third kappa shape index (κ3) is 3.83. The van der Waals surface area contributed by atoms with Gasteiger partial charge in [-0.15, -0.1) is 0 Å². The molecule has 6 heteroatoms. The maximum Gasteiger partial charge on any atom is 0.254 e. The van der Waals surface area contributed by atoms with Crippen molar-refractivity contribution < 1.29 is 9.59 Å². The molecule has 6 nitrogen and oxygen atoms in total. The normalized spacial score (nSPS) is 14.3. The Balaban J connectivity index is 1.45. The SMILES string of the molecule is Cc1cccc(C(=O)N2CCN(C(=O)c3ccc4nc(C)c(C)nc4c3)CC2)c1. The molecular formula is C23H24N4O2. The summed E-state index contributed by atoms with van der Waals surface area (Å²) in [6.45, 7) is 7.93. The van der Waals surface area contributed by atoms with Crippen LogP contribution in [0.1, 0.15) is 37.7 Å². The Bertz CT molecular complexity index is 1100. The highest BCUT2D eigenvalue weighted by atomic mass is 16.2. The summed E-state index contributed by atoms with van der Waals surface area (Å²) in [4.78, 5) is 38.4. The van der Waals surface area contributed by atoms with Gasteiger partial charge in [-0.25, -0.2) is 9.97 Å². The number of amides is 2. The van der Waals surface area contributed by atoms with Crippen LogP contribution in [0.15, 0.2) is 42.5 Å². The molecule has 1 fully saturated rings. The van der Waals surface area contributed by atoms with Crippen molar-refractivity contribution >= 4 is 22.8 Å². The molecule has 0 spiro atoms. The Hall–Kier alpha value is -3.28. The minimum atomic E-state index is -0.0328. The molecule has 0 aliphatic carbocycles. The van der Waals surface area contributed by atoms with Gasteiger partial charge in [0.1, 0.15) is 0 Å². The van der Waals surface area contributed by atoms with Crippen LogP contribution in [0.25, 0.3) is 11.0 Å². The molecule has 1 aromatic heterocycles. The number of carbonyl (C=O) groups is 2. The lowest BCUT2D eigenvalue weighted by Gasteiger charge is -2.35. The molecular weight excluding hydrogens is 364 g/mol. The standard InChI is InChI=1S/C23H24N4O2/c1-15-5-4-6-18(13-15)22(28)26-9-11-27(12-10-26)23(29)19-7-8-20-21(14-19)25-17(3)16(2)24-20/h4-8,13-14H,9-12H2,1-3H3. The molecule has 0 radical (unpaired) electrons. The predicted molar refractivity (Wildman–Crippen MR) is 112 cm³/mol. The van der Waals surface area contributed by atoms with Crippen molar-refractivity contribution in [3.8, 4) is 0 Å². The van der Waals surface area contributed by atoms with E-state index < -0.39 is 0 Å². The summed E-state index contributed by atoms with van der Waals surface area (Å²) >= 11 is 0. The lowest BCUT2D eigenvalue weighted by molar-refractivity contribution is 0.0535. The van der Waals surface area contributed by atoms with Crippen LogP contribution in [0.5, 0.6) is 0 Å². The molecule has 148 valence electrons. The van der Waals surface area contributed by atoms with Gasteiger partial charge in [-0.3, -0.25) is 9.59 Å². The summed E-state index contributed by atoms with van der Waals surface area (Å²) in [6.07, 6.45) is 0. The molecule has 0 unspecified atom stereocenters. The zero-order chi connectivity index (χ0) is 20.5. The molecule has 0 atom stereocenters. The largest absolute Gasteiger partial charge is 0.335 e. The minimum absolute atomic E-state index is 0.0209. The van der Waals surface area contributed by atoms with E-state index in [2.05, 4.69) is 9.97 Å². The van der Waals surface area contributed by atoms with E-state index in [0.29, 0.717) is 37.3 Å². The van der Waals surface area contributed by atoms with Crippen LogP contribution >= 0.6 is 0 Å². The second-order valence-corrected chi connectivity index (χ2v) is 7.55. The third-order valence-corrected chi connectivity index (χ3v) is 5.44. The van der Waals surface area contributed by atoms with Crippen molar-refractivity contribution in [1.29, 1.82) is 0 Å². The van der Waals surface area contributed by atoms with E-state index in [4.69, 9.17) is 0 Å². The topological polar surface area (TPSA) is 66.4 Å². The van der Waals surface area contributed by atoms with Crippen molar-refractivity contribution in [3.63, 3.8) is 0 Å². The van der Waals surface area contributed by atoms with Crippen molar-refractivity contribution in [2.75, 3.05) is 26.2 Å². The molecule has 4 rings (SSSR count).